The first kappa shape index (κ1) is 20.2. The van der Waals surface area contributed by atoms with E-state index in [1.807, 2.05) is 0 Å². The van der Waals surface area contributed by atoms with Crippen molar-refractivity contribution in [3.05, 3.63) is 68.7 Å². The number of halogens is 1. The predicted molar refractivity (Wildman–Crippen MR) is 101 cm³/mol. The van der Waals surface area contributed by atoms with Crippen molar-refractivity contribution in [1.82, 2.24) is 5.32 Å². The van der Waals surface area contributed by atoms with Gasteiger partial charge in [0.1, 0.15) is 0 Å². The Bertz CT molecular complexity index is 872. The summed E-state index contributed by atoms with van der Waals surface area (Å²) in [5.41, 5.74) is 0.797. The molecule has 0 saturated carbocycles. The van der Waals surface area contributed by atoms with Crippen LogP contribution in [-0.4, -0.2) is 30.0 Å². The number of esters is 1. The third-order valence-electron chi connectivity index (χ3n) is 3.77. The van der Waals surface area contributed by atoms with Gasteiger partial charge < -0.3 is 15.4 Å². The number of nitro groups is 1. The summed E-state index contributed by atoms with van der Waals surface area (Å²) in [5, 5.41) is 16.8. The van der Waals surface area contributed by atoms with Crippen LogP contribution in [0.4, 0.5) is 11.4 Å². The van der Waals surface area contributed by atoms with E-state index in [0.29, 0.717) is 10.7 Å². The van der Waals surface area contributed by atoms with Crippen molar-refractivity contribution < 1.29 is 19.2 Å². The minimum absolute atomic E-state index is 0.0301. The molecule has 2 aromatic rings. The number of carbonyl (C=O) groups is 2. The number of hydrogen-bond donors (Lipinski definition) is 2. The van der Waals surface area contributed by atoms with E-state index >= 15 is 0 Å². The van der Waals surface area contributed by atoms with Crippen LogP contribution in [0.25, 0.3) is 0 Å². The van der Waals surface area contributed by atoms with Crippen molar-refractivity contribution >= 4 is 34.9 Å². The molecule has 0 radical (unpaired) electrons. The lowest BCUT2D eigenvalue weighted by atomic mass is 10.1. The summed E-state index contributed by atoms with van der Waals surface area (Å²) >= 11 is 6.03. The predicted octanol–water partition coefficient (Wildman–Crippen LogP) is 3.15. The number of anilines is 1. The number of ether oxygens (including phenoxy) is 1. The summed E-state index contributed by atoms with van der Waals surface area (Å²) in [6.07, 6.45) is -1.09. The van der Waals surface area contributed by atoms with Gasteiger partial charge in [-0.05, 0) is 24.6 Å². The van der Waals surface area contributed by atoms with Gasteiger partial charge in [0.05, 0.1) is 10.5 Å². The lowest BCUT2D eigenvalue weighted by Gasteiger charge is -2.15. The second-order valence-electron chi connectivity index (χ2n) is 5.59. The highest BCUT2D eigenvalue weighted by molar-refractivity contribution is 6.31. The average Bonchev–Trinajstić information content (AvgIpc) is 2.66. The smallest absolute Gasteiger partial charge is 0.341 e. The van der Waals surface area contributed by atoms with Gasteiger partial charge in [0, 0.05) is 36.4 Å². The zero-order chi connectivity index (χ0) is 20.0. The highest BCUT2D eigenvalue weighted by Gasteiger charge is 2.22. The number of amides is 1. The topological polar surface area (TPSA) is 111 Å². The number of nitro benzene ring substituents is 1. The van der Waals surface area contributed by atoms with Crippen molar-refractivity contribution in [2.45, 2.75) is 19.6 Å². The van der Waals surface area contributed by atoms with E-state index in [-0.39, 0.29) is 17.8 Å². The molecule has 27 heavy (non-hydrogen) atoms. The van der Waals surface area contributed by atoms with Crippen molar-refractivity contribution in [3.63, 3.8) is 0 Å². The molecule has 142 valence electrons. The SMILES string of the molecule is CNc1ccc([N+](=O)[O-])cc1C(=O)O[C@@H](C)C(=O)NCc1ccccc1Cl. The molecule has 0 spiro atoms. The maximum Gasteiger partial charge on any atom is 0.341 e. The fourth-order valence-electron chi connectivity index (χ4n) is 2.28. The number of carbonyl (C=O) groups excluding carboxylic acids is 2. The van der Waals surface area contributed by atoms with Crippen LogP contribution in [0, 0.1) is 10.1 Å². The maximum absolute atomic E-state index is 12.4. The van der Waals surface area contributed by atoms with Gasteiger partial charge in [-0.1, -0.05) is 29.8 Å². The number of hydrogen-bond acceptors (Lipinski definition) is 6. The molecule has 0 fully saturated rings. The molecular weight excluding hydrogens is 374 g/mol. The molecule has 1 amide bonds. The third-order valence-corrected chi connectivity index (χ3v) is 4.14. The van der Waals surface area contributed by atoms with E-state index in [9.17, 15) is 19.7 Å². The molecule has 0 aromatic heterocycles. The molecule has 0 aliphatic rings. The number of nitrogens with zero attached hydrogens (tertiary/aromatic N) is 1. The molecule has 0 heterocycles. The molecule has 2 N–H and O–H groups in total. The first-order valence-electron chi connectivity index (χ1n) is 8.01. The van der Waals surface area contributed by atoms with E-state index in [4.69, 9.17) is 16.3 Å². The van der Waals surface area contributed by atoms with Crippen LogP contribution < -0.4 is 10.6 Å². The Labute approximate surface area is 160 Å². The Morgan fingerprint density at radius 3 is 2.59 bits per heavy atom. The summed E-state index contributed by atoms with van der Waals surface area (Å²) in [7, 11) is 1.57. The van der Waals surface area contributed by atoms with Crippen LogP contribution in [0.5, 0.6) is 0 Å². The van der Waals surface area contributed by atoms with Gasteiger partial charge in [-0.25, -0.2) is 4.79 Å². The first-order valence-corrected chi connectivity index (χ1v) is 8.39. The minimum atomic E-state index is -1.09. The van der Waals surface area contributed by atoms with Gasteiger partial charge >= 0.3 is 5.97 Å². The molecular formula is C18H18ClN3O5. The molecule has 0 aliphatic heterocycles. The minimum Gasteiger partial charge on any atom is -0.449 e. The van der Waals surface area contributed by atoms with Crippen molar-refractivity contribution in [2.24, 2.45) is 0 Å². The second kappa shape index (κ2) is 9.00. The zero-order valence-electron chi connectivity index (χ0n) is 14.7. The Balaban J connectivity index is 2.04. The molecule has 8 nitrogen and oxygen atoms in total. The molecule has 9 heteroatoms. The van der Waals surface area contributed by atoms with Gasteiger partial charge in [-0.3, -0.25) is 14.9 Å². The van der Waals surface area contributed by atoms with Crippen LogP contribution in [0.3, 0.4) is 0 Å². The number of benzene rings is 2. The normalized spacial score (nSPS) is 11.4. The Hall–Kier alpha value is -3.13. The van der Waals surface area contributed by atoms with Crippen LogP contribution >= 0.6 is 11.6 Å². The lowest BCUT2D eigenvalue weighted by molar-refractivity contribution is -0.384. The standard InChI is InChI=1S/C18H18ClN3O5/c1-11(17(23)21-10-12-5-3-4-6-15(12)19)27-18(24)14-9-13(22(25)26)7-8-16(14)20-2/h3-9,11,20H,10H2,1-2H3,(H,21,23)/t11-/m0/s1. The lowest BCUT2D eigenvalue weighted by Crippen LogP contribution is -2.35. The summed E-state index contributed by atoms with van der Waals surface area (Å²) in [4.78, 5) is 34.8. The number of nitrogens with one attached hydrogen (secondary N) is 2. The van der Waals surface area contributed by atoms with E-state index in [1.165, 1.54) is 19.1 Å². The molecule has 1 atom stereocenters. The van der Waals surface area contributed by atoms with Gasteiger partial charge in [-0.2, -0.15) is 0 Å². The Morgan fingerprint density at radius 1 is 1.26 bits per heavy atom. The van der Waals surface area contributed by atoms with E-state index in [1.54, 1.807) is 31.3 Å². The van der Waals surface area contributed by atoms with Crippen molar-refractivity contribution in [1.29, 1.82) is 0 Å². The van der Waals surface area contributed by atoms with Crippen LogP contribution in [0.15, 0.2) is 42.5 Å². The molecule has 2 aromatic carbocycles. The fraction of sp³-hybridized carbons (Fsp3) is 0.222. The summed E-state index contributed by atoms with van der Waals surface area (Å²) < 4.78 is 5.15. The fourth-order valence-corrected chi connectivity index (χ4v) is 2.48. The van der Waals surface area contributed by atoms with Crippen molar-refractivity contribution in [3.8, 4) is 0 Å². The molecule has 0 aliphatic carbocycles. The van der Waals surface area contributed by atoms with Crippen LogP contribution in [0.1, 0.15) is 22.8 Å². The summed E-state index contributed by atoms with van der Waals surface area (Å²) in [6, 6.07) is 10.8. The monoisotopic (exact) mass is 391 g/mol. The first-order chi connectivity index (χ1) is 12.8. The van der Waals surface area contributed by atoms with Gasteiger partial charge in [0.15, 0.2) is 6.10 Å². The summed E-state index contributed by atoms with van der Waals surface area (Å²) in [5.74, 6) is -1.36. The maximum atomic E-state index is 12.4. The molecule has 2 rings (SSSR count). The van der Waals surface area contributed by atoms with E-state index < -0.39 is 22.9 Å². The number of non-ortho nitro benzene ring substituents is 1. The van der Waals surface area contributed by atoms with Crippen LogP contribution in [-0.2, 0) is 16.1 Å². The largest absolute Gasteiger partial charge is 0.449 e. The number of rotatable bonds is 7. The average molecular weight is 392 g/mol. The Morgan fingerprint density at radius 2 is 1.96 bits per heavy atom. The zero-order valence-corrected chi connectivity index (χ0v) is 15.4. The third kappa shape index (κ3) is 5.18. The molecule has 0 saturated heterocycles. The highest BCUT2D eigenvalue weighted by Crippen LogP contribution is 2.23. The Kier molecular flexibility index (Phi) is 6.73. The second-order valence-corrected chi connectivity index (χ2v) is 6.00. The highest BCUT2D eigenvalue weighted by atomic mass is 35.5. The van der Waals surface area contributed by atoms with Gasteiger partial charge in [0.2, 0.25) is 0 Å². The molecule has 0 unspecified atom stereocenters. The van der Waals surface area contributed by atoms with Gasteiger partial charge in [-0.15, -0.1) is 0 Å². The van der Waals surface area contributed by atoms with Crippen molar-refractivity contribution in [2.75, 3.05) is 12.4 Å². The van der Waals surface area contributed by atoms with E-state index in [2.05, 4.69) is 10.6 Å². The van der Waals surface area contributed by atoms with Gasteiger partial charge in [0.25, 0.3) is 11.6 Å². The van der Waals surface area contributed by atoms with E-state index in [0.717, 1.165) is 11.6 Å². The molecule has 0 bridgehead atoms. The van der Waals surface area contributed by atoms with Crippen LogP contribution in [0.2, 0.25) is 5.02 Å². The summed E-state index contributed by atoms with van der Waals surface area (Å²) in [6.45, 7) is 1.59. The quantitative estimate of drug-likeness (QED) is 0.426.